The van der Waals surface area contributed by atoms with Gasteiger partial charge in [0, 0.05) is 25.5 Å². The Balaban J connectivity index is 1.63. The van der Waals surface area contributed by atoms with Crippen LogP contribution < -0.4 is 10.6 Å². The lowest BCUT2D eigenvalue weighted by Gasteiger charge is -2.35. The van der Waals surface area contributed by atoms with Crippen molar-refractivity contribution in [3.8, 4) is 0 Å². The molecule has 0 radical (unpaired) electrons. The molecule has 0 saturated carbocycles. The average molecular weight is 447 g/mol. The number of ether oxygens (including phenoxy) is 1. The van der Waals surface area contributed by atoms with E-state index < -0.39 is 28.1 Å². The number of nitrogens with zero attached hydrogens (tertiary/aromatic N) is 2. The molecule has 1 aliphatic rings. The third kappa shape index (κ3) is 5.66. The number of aromatic nitrogens is 1. The van der Waals surface area contributed by atoms with E-state index in [1.807, 2.05) is 13.0 Å². The fourth-order valence-corrected chi connectivity index (χ4v) is 5.11. The van der Waals surface area contributed by atoms with Crippen molar-refractivity contribution in [3.63, 3.8) is 0 Å². The predicted molar refractivity (Wildman–Crippen MR) is 113 cm³/mol. The van der Waals surface area contributed by atoms with Crippen molar-refractivity contribution in [2.24, 2.45) is 0 Å². The molecule has 2 N–H and O–H groups in total. The average Bonchev–Trinajstić information content (AvgIpc) is 2.78. The van der Waals surface area contributed by atoms with Crippen molar-refractivity contribution in [3.05, 3.63) is 59.4 Å². The van der Waals surface area contributed by atoms with Gasteiger partial charge in [0.05, 0.1) is 18.0 Å². The van der Waals surface area contributed by atoms with Gasteiger partial charge in [-0.25, -0.2) is 8.42 Å². The van der Waals surface area contributed by atoms with Crippen LogP contribution in [0.1, 0.15) is 23.1 Å². The number of carbonyl (C=O) groups is 2. The number of rotatable bonds is 6. The molecule has 1 atom stereocenters. The minimum atomic E-state index is -3.83. The summed E-state index contributed by atoms with van der Waals surface area (Å²) in [6, 6.07) is 8.69. The first kappa shape index (κ1) is 22.9. The maximum absolute atomic E-state index is 13.3. The minimum absolute atomic E-state index is 0.133. The molecule has 2 aromatic rings. The van der Waals surface area contributed by atoms with E-state index in [0.29, 0.717) is 18.6 Å². The van der Waals surface area contributed by atoms with Crippen LogP contribution in [0.2, 0.25) is 0 Å². The molecule has 1 fully saturated rings. The van der Waals surface area contributed by atoms with E-state index in [9.17, 15) is 18.0 Å². The highest BCUT2D eigenvalue weighted by Crippen LogP contribution is 2.25. The van der Waals surface area contributed by atoms with Crippen LogP contribution in [0.5, 0.6) is 0 Å². The third-order valence-electron chi connectivity index (χ3n) is 4.93. The van der Waals surface area contributed by atoms with Crippen molar-refractivity contribution in [1.82, 2.24) is 19.9 Å². The van der Waals surface area contributed by atoms with Crippen LogP contribution in [0.4, 0.5) is 0 Å². The van der Waals surface area contributed by atoms with Crippen LogP contribution in [0.3, 0.4) is 0 Å². The molecule has 1 aromatic heterocycles. The molecule has 9 nitrogen and oxygen atoms in total. The molecular weight excluding hydrogens is 420 g/mol. The monoisotopic (exact) mass is 446 g/mol. The number of aryl methyl sites for hydroxylation is 2. The van der Waals surface area contributed by atoms with Crippen molar-refractivity contribution >= 4 is 21.8 Å². The zero-order valence-electron chi connectivity index (χ0n) is 17.5. The molecule has 31 heavy (non-hydrogen) atoms. The van der Waals surface area contributed by atoms with Gasteiger partial charge in [0.15, 0.2) is 0 Å². The summed E-state index contributed by atoms with van der Waals surface area (Å²) in [7, 11) is -3.83. The van der Waals surface area contributed by atoms with Gasteiger partial charge in [-0.05, 0) is 55.2 Å². The van der Waals surface area contributed by atoms with Gasteiger partial charge in [0.2, 0.25) is 10.0 Å². The van der Waals surface area contributed by atoms with Crippen LogP contribution in [0.15, 0.2) is 47.6 Å². The molecule has 0 unspecified atom stereocenters. The van der Waals surface area contributed by atoms with E-state index in [0.717, 1.165) is 11.1 Å². The summed E-state index contributed by atoms with van der Waals surface area (Å²) in [6.45, 7) is 4.25. The van der Waals surface area contributed by atoms with Gasteiger partial charge in [0.1, 0.15) is 6.23 Å². The van der Waals surface area contributed by atoms with E-state index in [-0.39, 0.29) is 24.5 Å². The van der Waals surface area contributed by atoms with E-state index in [2.05, 4.69) is 15.6 Å². The molecule has 0 bridgehead atoms. The number of carbonyl (C=O) groups excluding carboxylic acids is 2. The second-order valence-corrected chi connectivity index (χ2v) is 9.17. The van der Waals surface area contributed by atoms with E-state index in [1.165, 1.54) is 4.31 Å². The van der Waals surface area contributed by atoms with Crippen molar-refractivity contribution in [2.75, 3.05) is 19.7 Å². The van der Waals surface area contributed by atoms with Gasteiger partial charge in [0.25, 0.3) is 0 Å². The minimum Gasteiger partial charge on any atom is -0.360 e. The number of hydrogen-bond acceptors (Lipinski definition) is 6. The molecule has 0 aliphatic carbocycles. The smallest absolute Gasteiger partial charge is 0.309 e. The molecule has 2 amide bonds. The molecule has 1 aromatic carbocycles. The normalized spacial score (nSPS) is 17.2. The lowest BCUT2D eigenvalue weighted by Crippen LogP contribution is -2.53. The Kier molecular flexibility index (Phi) is 7.37. The molecule has 0 spiro atoms. The molecule has 166 valence electrons. The summed E-state index contributed by atoms with van der Waals surface area (Å²) in [4.78, 5) is 28.3. The summed E-state index contributed by atoms with van der Waals surface area (Å²) >= 11 is 0. The summed E-state index contributed by atoms with van der Waals surface area (Å²) < 4.78 is 33.4. The predicted octanol–water partition coefficient (Wildman–Crippen LogP) is 0.868. The Labute approximate surface area is 181 Å². The lowest BCUT2D eigenvalue weighted by molar-refractivity contribution is -0.140. The number of nitrogens with one attached hydrogen (secondary N) is 2. The quantitative estimate of drug-likeness (QED) is 0.636. The van der Waals surface area contributed by atoms with E-state index in [1.54, 1.807) is 43.6 Å². The number of benzene rings is 1. The Morgan fingerprint density at radius 3 is 2.58 bits per heavy atom. The number of pyridine rings is 1. The fraction of sp³-hybridized carbons (Fsp3) is 0.381. The number of hydrogen-bond donors (Lipinski definition) is 2. The maximum Gasteiger partial charge on any atom is 0.309 e. The van der Waals surface area contributed by atoms with Crippen LogP contribution in [-0.4, -0.2) is 55.4 Å². The first-order chi connectivity index (χ1) is 14.8. The van der Waals surface area contributed by atoms with Gasteiger partial charge in [-0.3, -0.25) is 14.6 Å². The second kappa shape index (κ2) is 9.99. The molecule has 2 heterocycles. The topological polar surface area (TPSA) is 118 Å². The van der Waals surface area contributed by atoms with Crippen molar-refractivity contribution in [1.29, 1.82) is 0 Å². The second-order valence-electron chi connectivity index (χ2n) is 7.31. The van der Waals surface area contributed by atoms with Gasteiger partial charge in [-0.15, -0.1) is 0 Å². The van der Waals surface area contributed by atoms with Gasteiger partial charge in [-0.1, -0.05) is 12.1 Å². The highest BCUT2D eigenvalue weighted by atomic mass is 32.2. The van der Waals surface area contributed by atoms with Crippen LogP contribution in [0.25, 0.3) is 0 Å². The molecule has 10 heteroatoms. The standard InChI is InChI=1S/C21H26N4O5S/c1-15-4-5-16(2)18(12-15)31(28,29)25-10-3-11-30-19(25)14-24-21(27)20(26)23-13-17-6-8-22-9-7-17/h4-9,12,19H,3,10-11,13-14H2,1-2H3,(H,23,26)(H,24,27)/t19-/m0/s1. The zero-order chi connectivity index (χ0) is 22.4. The molecular formula is C21H26N4O5S. The van der Waals surface area contributed by atoms with E-state index >= 15 is 0 Å². The Morgan fingerprint density at radius 1 is 1.13 bits per heavy atom. The number of sulfonamides is 1. The lowest BCUT2D eigenvalue weighted by atomic mass is 10.2. The summed E-state index contributed by atoms with van der Waals surface area (Å²) in [5.74, 6) is -1.66. The van der Waals surface area contributed by atoms with Gasteiger partial charge in [-0.2, -0.15) is 4.31 Å². The maximum atomic E-state index is 13.3. The SMILES string of the molecule is Cc1ccc(C)c(S(=O)(=O)N2CCCO[C@H]2CNC(=O)C(=O)NCc2ccncc2)c1. The van der Waals surface area contributed by atoms with Gasteiger partial charge >= 0.3 is 11.8 Å². The summed E-state index contributed by atoms with van der Waals surface area (Å²) in [5, 5.41) is 4.99. The zero-order valence-corrected chi connectivity index (χ0v) is 18.3. The van der Waals surface area contributed by atoms with E-state index in [4.69, 9.17) is 4.74 Å². The Bertz CT molecular complexity index is 1040. The van der Waals surface area contributed by atoms with Crippen LogP contribution >= 0.6 is 0 Å². The highest BCUT2D eigenvalue weighted by Gasteiger charge is 2.35. The highest BCUT2D eigenvalue weighted by molar-refractivity contribution is 7.89. The van der Waals surface area contributed by atoms with Gasteiger partial charge < -0.3 is 15.4 Å². The first-order valence-corrected chi connectivity index (χ1v) is 11.4. The first-order valence-electron chi connectivity index (χ1n) is 9.94. The van der Waals surface area contributed by atoms with Crippen LogP contribution in [-0.2, 0) is 30.9 Å². The molecule has 1 aliphatic heterocycles. The largest absolute Gasteiger partial charge is 0.360 e. The third-order valence-corrected chi connectivity index (χ3v) is 6.96. The molecule has 1 saturated heterocycles. The number of amides is 2. The van der Waals surface area contributed by atoms with Crippen LogP contribution in [0, 0.1) is 13.8 Å². The summed E-state index contributed by atoms with van der Waals surface area (Å²) in [5.41, 5.74) is 2.27. The molecule has 3 rings (SSSR count). The van der Waals surface area contributed by atoms with Crippen molar-refractivity contribution < 1.29 is 22.7 Å². The fourth-order valence-electron chi connectivity index (χ4n) is 3.24. The Morgan fingerprint density at radius 2 is 1.84 bits per heavy atom. The van der Waals surface area contributed by atoms with Crippen molar-refractivity contribution in [2.45, 2.75) is 37.9 Å². The summed E-state index contributed by atoms with van der Waals surface area (Å²) in [6.07, 6.45) is 2.83. The Hall–Kier alpha value is -2.82.